The molecular formula is C18H21ClN2O2. The van der Waals surface area contributed by atoms with Crippen molar-refractivity contribution in [1.29, 1.82) is 0 Å². The lowest BCUT2D eigenvalue weighted by Crippen LogP contribution is -2.24. The van der Waals surface area contributed by atoms with Crippen LogP contribution in [0.5, 0.6) is 5.75 Å². The maximum Gasteiger partial charge on any atom is 0.228 e. The van der Waals surface area contributed by atoms with Gasteiger partial charge in [0.1, 0.15) is 5.75 Å². The predicted molar refractivity (Wildman–Crippen MR) is 94.4 cm³/mol. The van der Waals surface area contributed by atoms with E-state index in [-0.39, 0.29) is 18.3 Å². The highest BCUT2D eigenvalue weighted by molar-refractivity contribution is 5.92. The molecule has 2 aromatic carbocycles. The summed E-state index contributed by atoms with van der Waals surface area (Å²) in [6.07, 6.45) is 1.39. The summed E-state index contributed by atoms with van der Waals surface area (Å²) in [5.74, 6) is 0.752. The summed E-state index contributed by atoms with van der Waals surface area (Å²) in [6.45, 7) is 1.89. The fourth-order valence-electron chi connectivity index (χ4n) is 2.73. The van der Waals surface area contributed by atoms with Crippen LogP contribution in [-0.2, 0) is 24.2 Å². The number of carbonyl (C=O) groups excluding carboxylic acids is 1. The first-order valence-corrected chi connectivity index (χ1v) is 7.50. The fraction of sp³-hybridized carbons (Fsp3) is 0.278. The SMILES string of the molecule is COc1cccc(CC(=O)Nc2ccc3c(c2)CNCC3)c1.Cl. The van der Waals surface area contributed by atoms with Gasteiger partial charge in [-0.2, -0.15) is 0 Å². The summed E-state index contributed by atoms with van der Waals surface area (Å²) in [7, 11) is 1.63. The van der Waals surface area contributed by atoms with Gasteiger partial charge in [-0.3, -0.25) is 4.79 Å². The van der Waals surface area contributed by atoms with E-state index in [1.54, 1.807) is 7.11 Å². The van der Waals surface area contributed by atoms with E-state index in [1.165, 1.54) is 11.1 Å². The van der Waals surface area contributed by atoms with E-state index in [9.17, 15) is 4.79 Å². The summed E-state index contributed by atoms with van der Waals surface area (Å²) < 4.78 is 5.18. The molecule has 0 unspecified atom stereocenters. The molecule has 122 valence electrons. The van der Waals surface area contributed by atoms with Gasteiger partial charge in [0, 0.05) is 12.2 Å². The Morgan fingerprint density at radius 2 is 2.09 bits per heavy atom. The number of rotatable bonds is 4. The molecule has 0 bridgehead atoms. The minimum Gasteiger partial charge on any atom is -0.497 e. The summed E-state index contributed by atoms with van der Waals surface area (Å²) >= 11 is 0. The first kappa shape index (κ1) is 17.3. The van der Waals surface area contributed by atoms with Crippen molar-refractivity contribution in [2.24, 2.45) is 0 Å². The quantitative estimate of drug-likeness (QED) is 0.905. The number of fused-ring (bicyclic) bond motifs is 1. The van der Waals surface area contributed by atoms with E-state index < -0.39 is 0 Å². The Morgan fingerprint density at radius 1 is 1.22 bits per heavy atom. The Balaban J connectivity index is 0.00000192. The lowest BCUT2D eigenvalue weighted by atomic mass is 10.0. The largest absolute Gasteiger partial charge is 0.497 e. The van der Waals surface area contributed by atoms with Crippen LogP contribution in [0.2, 0.25) is 0 Å². The van der Waals surface area contributed by atoms with Crippen LogP contribution in [0.15, 0.2) is 42.5 Å². The third kappa shape index (κ3) is 4.47. The van der Waals surface area contributed by atoms with E-state index in [0.29, 0.717) is 6.42 Å². The van der Waals surface area contributed by atoms with Gasteiger partial charge in [-0.15, -0.1) is 12.4 Å². The van der Waals surface area contributed by atoms with Crippen molar-refractivity contribution in [3.05, 3.63) is 59.2 Å². The zero-order valence-corrected chi connectivity index (χ0v) is 13.9. The standard InChI is InChI=1S/C18H20N2O2.ClH/c1-22-17-4-2-3-13(9-17)10-18(21)20-16-6-5-14-7-8-19-12-15(14)11-16;/h2-6,9,11,19H,7-8,10,12H2,1H3,(H,20,21);1H. The average Bonchev–Trinajstić information content (AvgIpc) is 2.55. The Labute approximate surface area is 142 Å². The zero-order valence-electron chi connectivity index (χ0n) is 13.1. The van der Waals surface area contributed by atoms with Crippen LogP contribution in [0.1, 0.15) is 16.7 Å². The molecule has 5 heteroatoms. The molecule has 1 aliphatic rings. The van der Waals surface area contributed by atoms with Gasteiger partial charge in [0.05, 0.1) is 13.5 Å². The number of amides is 1. The molecule has 2 N–H and O–H groups in total. The van der Waals surface area contributed by atoms with Gasteiger partial charge in [0.2, 0.25) is 5.91 Å². The molecule has 2 aromatic rings. The minimum atomic E-state index is -0.0167. The molecule has 0 saturated carbocycles. The number of methoxy groups -OCH3 is 1. The normalized spacial score (nSPS) is 12.7. The number of nitrogens with one attached hydrogen (secondary N) is 2. The molecule has 1 heterocycles. The summed E-state index contributed by atoms with van der Waals surface area (Å²) in [5, 5.41) is 6.32. The smallest absolute Gasteiger partial charge is 0.228 e. The van der Waals surface area contributed by atoms with Crippen LogP contribution in [0, 0.1) is 0 Å². The second-order valence-electron chi connectivity index (χ2n) is 5.49. The molecule has 0 saturated heterocycles. The molecular weight excluding hydrogens is 312 g/mol. The topological polar surface area (TPSA) is 50.4 Å². The van der Waals surface area contributed by atoms with Gasteiger partial charge in [-0.1, -0.05) is 18.2 Å². The monoisotopic (exact) mass is 332 g/mol. The first-order chi connectivity index (χ1) is 10.7. The third-order valence-electron chi connectivity index (χ3n) is 3.88. The van der Waals surface area contributed by atoms with Crippen LogP contribution in [0.3, 0.4) is 0 Å². The van der Waals surface area contributed by atoms with Gasteiger partial charge in [0.25, 0.3) is 0 Å². The molecule has 0 fully saturated rings. The predicted octanol–water partition coefficient (Wildman–Crippen LogP) is 2.94. The van der Waals surface area contributed by atoms with Crippen molar-refractivity contribution in [2.75, 3.05) is 19.0 Å². The van der Waals surface area contributed by atoms with Crippen molar-refractivity contribution < 1.29 is 9.53 Å². The highest BCUT2D eigenvalue weighted by atomic mass is 35.5. The molecule has 1 aliphatic heterocycles. The maximum absolute atomic E-state index is 12.2. The molecule has 0 spiro atoms. The number of carbonyl (C=O) groups is 1. The van der Waals surface area contributed by atoms with Crippen LogP contribution in [0.4, 0.5) is 5.69 Å². The summed E-state index contributed by atoms with van der Waals surface area (Å²) in [6, 6.07) is 13.7. The van der Waals surface area contributed by atoms with E-state index in [1.807, 2.05) is 30.3 Å². The second kappa shape index (κ2) is 7.99. The van der Waals surface area contributed by atoms with Crippen molar-refractivity contribution in [1.82, 2.24) is 5.32 Å². The van der Waals surface area contributed by atoms with Crippen LogP contribution in [-0.4, -0.2) is 19.6 Å². The Hall–Kier alpha value is -2.04. The molecule has 0 radical (unpaired) electrons. The number of benzene rings is 2. The number of hydrogen-bond donors (Lipinski definition) is 2. The van der Waals surface area contributed by atoms with Crippen LogP contribution < -0.4 is 15.4 Å². The number of ether oxygens (including phenoxy) is 1. The van der Waals surface area contributed by atoms with Gasteiger partial charge in [0.15, 0.2) is 0 Å². The van der Waals surface area contributed by atoms with Gasteiger partial charge in [-0.05, 0) is 53.9 Å². The molecule has 3 rings (SSSR count). The molecule has 23 heavy (non-hydrogen) atoms. The average molecular weight is 333 g/mol. The van der Waals surface area contributed by atoms with Crippen LogP contribution in [0.25, 0.3) is 0 Å². The van der Waals surface area contributed by atoms with Crippen molar-refractivity contribution >= 4 is 24.0 Å². The Bertz CT molecular complexity index is 688. The molecule has 0 atom stereocenters. The Kier molecular flexibility index (Phi) is 6.02. The molecule has 0 aromatic heterocycles. The van der Waals surface area contributed by atoms with E-state index in [0.717, 1.165) is 36.5 Å². The first-order valence-electron chi connectivity index (χ1n) is 7.50. The lowest BCUT2D eigenvalue weighted by Gasteiger charge is -2.18. The van der Waals surface area contributed by atoms with Crippen molar-refractivity contribution in [3.63, 3.8) is 0 Å². The summed E-state index contributed by atoms with van der Waals surface area (Å²) in [4.78, 5) is 12.2. The van der Waals surface area contributed by atoms with E-state index in [2.05, 4.69) is 22.8 Å². The number of hydrogen-bond acceptors (Lipinski definition) is 3. The van der Waals surface area contributed by atoms with Crippen LogP contribution >= 0.6 is 12.4 Å². The highest BCUT2D eigenvalue weighted by Crippen LogP contribution is 2.19. The maximum atomic E-state index is 12.2. The third-order valence-corrected chi connectivity index (χ3v) is 3.88. The minimum absolute atomic E-state index is 0. The van der Waals surface area contributed by atoms with Gasteiger partial charge >= 0.3 is 0 Å². The van der Waals surface area contributed by atoms with Crippen molar-refractivity contribution in [2.45, 2.75) is 19.4 Å². The summed E-state index contributed by atoms with van der Waals surface area (Å²) in [5.41, 5.74) is 4.43. The number of anilines is 1. The Morgan fingerprint density at radius 3 is 2.91 bits per heavy atom. The highest BCUT2D eigenvalue weighted by Gasteiger charge is 2.10. The number of halogens is 1. The second-order valence-corrected chi connectivity index (χ2v) is 5.49. The zero-order chi connectivity index (χ0) is 15.4. The molecule has 0 aliphatic carbocycles. The molecule has 4 nitrogen and oxygen atoms in total. The lowest BCUT2D eigenvalue weighted by molar-refractivity contribution is -0.115. The van der Waals surface area contributed by atoms with Crippen molar-refractivity contribution in [3.8, 4) is 5.75 Å². The molecule has 1 amide bonds. The van der Waals surface area contributed by atoms with E-state index in [4.69, 9.17) is 4.74 Å². The van der Waals surface area contributed by atoms with Gasteiger partial charge in [-0.25, -0.2) is 0 Å². The van der Waals surface area contributed by atoms with Gasteiger partial charge < -0.3 is 15.4 Å². The van der Waals surface area contributed by atoms with E-state index >= 15 is 0 Å². The fourth-order valence-corrected chi connectivity index (χ4v) is 2.73.